The van der Waals surface area contributed by atoms with Crippen LogP contribution in [0.5, 0.6) is 17.2 Å². The average molecular weight is 466 g/mol. The zero-order chi connectivity index (χ0) is 23.7. The van der Waals surface area contributed by atoms with Gasteiger partial charge in [0.2, 0.25) is 0 Å². The van der Waals surface area contributed by atoms with Crippen molar-refractivity contribution in [2.24, 2.45) is 0 Å². The molecule has 1 fully saturated rings. The van der Waals surface area contributed by atoms with E-state index in [4.69, 9.17) is 21.1 Å². The minimum atomic E-state index is -0.984. The summed E-state index contributed by atoms with van der Waals surface area (Å²) in [4.78, 5) is 27.6. The number of ketones is 1. The van der Waals surface area contributed by atoms with Crippen molar-refractivity contribution in [1.82, 2.24) is 0 Å². The number of amides is 1. The summed E-state index contributed by atoms with van der Waals surface area (Å²) in [6, 6.07) is 16.6. The number of phenols is 1. The van der Waals surface area contributed by atoms with Crippen LogP contribution in [0.2, 0.25) is 5.02 Å². The smallest absolute Gasteiger partial charge is 0.300 e. The maximum Gasteiger partial charge on any atom is 0.300 e. The Balaban J connectivity index is 1.94. The number of Topliss-reactive ketones (excluding diaryl/α,β-unsaturated/α-hetero) is 1. The fourth-order valence-corrected chi connectivity index (χ4v) is 3.97. The van der Waals surface area contributed by atoms with Crippen molar-refractivity contribution in [1.29, 1.82) is 0 Å². The molecular weight excluding hydrogens is 446 g/mol. The third kappa shape index (κ3) is 3.99. The zero-order valence-electron chi connectivity index (χ0n) is 17.8. The van der Waals surface area contributed by atoms with Gasteiger partial charge in [-0.15, -0.1) is 0 Å². The van der Waals surface area contributed by atoms with Gasteiger partial charge in [-0.2, -0.15) is 0 Å². The number of hydrogen-bond acceptors (Lipinski definition) is 6. The van der Waals surface area contributed by atoms with Crippen molar-refractivity contribution in [2.45, 2.75) is 6.04 Å². The highest BCUT2D eigenvalue weighted by molar-refractivity contribution is 6.51. The normalized spacial score (nSPS) is 17.3. The lowest BCUT2D eigenvalue weighted by Crippen LogP contribution is -2.29. The van der Waals surface area contributed by atoms with Gasteiger partial charge in [0.05, 0.1) is 30.9 Å². The highest BCUT2D eigenvalue weighted by atomic mass is 35.5. The number of aromatic hydroxyl groups is 1. The van der Waals surface area contributed by atoms with Crippen molar-refractivity contribution in [3.8, 4) is 17.2 Å². The molecule has 0 aromatic heterocycles. The van der Waals surface area contributed by atoms with E-state index in [1.807, 2.05) is 0 Å². The Kier molecular flexibility index (Phi) is 5.98. The largest absolute Gasteiger partial charge is 0.507 e. The van der Waals surface area contributed by atoms with Crippen LogP contribution in [0.15, 0.2) is 72.3 Å². The van der Waals surface area contributed by atoms with Gasteiger partial charge in [-0.05, 0) is 54.1 Å². The summed E-state index contributed by atoms with van der Waals surface area (Å²) in [5.41, 5.74) is 1.08. The molecule has 0 saturated carbocycles. The van der Waals surface area contributed by atoms with Crippen LogP contribution < -0.4 is 14.4 Å². The van der Waals surface area contributed by atoms with E-state index in [0.717, 1.165) is 0 Å². The van der Waals surface area contributed by atoms with E-state index >= 15 is 0 Å². The molecule has 1 heterocycles. The Morgan fingerprint density at radius 2 is 1.64 bits per heavy atom. The third-order valence-electron chi connectivity index (χ3n) is 5.43. The first kappa shape index (κ1) is 22.2. The molecule has 3 aromatic carbocycles. The number of anilines is 1. The van der Waals surface area contributed by atoms with Crippen LogP contribution in [0.3, 0.4) is 0 Å². The van der Waals surface area contributed by atoms with Gasteiger partial charge >= 0.3 is 0 Å². The van der Waals surface area contributed by atoms with Crippen molar-refractivity contribution in [3.05, 3.63) is 88.5 Å². The van der Waals surface area contributed by atoms with Crippen LogP contribution in [0, 0.1) is 0 Å². The summed E-state index contributed by atoms with van der Waals surface area (Å²) >= 11 is 6.13. The van der Waals surface area contributed by atoms with Crippen molar-refractivity contribution in [3.63, 3.8) is 0 Å². The Morgan fingerprint density at radius 1 is 0.939 bits per heavy atom. The molecule has 1 saturated heterocycles. The van der Waals surface area contributed by atoms with Gasteiger partial charge in [0.25, 0.3) is 11.7 Å². The Labute approximate surface area is 195 Å². The number of phenolic OH excluding ortho intramolecular Hbond substituents is 1. The Hall–Kier alpha value is -3.97. The number of ether oxygens (including phenoxy) is 2. The maximum absolute atomic E-state index is 13.2. The van der Waals surface area contributed by atoms with Gasteiger partial charge < -0.3 is 19.7 Å². The molecule has 0 bridgehead atoms. The SMILES string of the molecule is COc1ccc(N2C(=O)C(=O)/C(=C(\O)c3cccc(OC)c3)C2c2ccc(O)c(Cl)c2)cc1. The molecule has 168 valence electrons. The number of rotatable bonds is 5. The van der Waals surface area contributed by atoms with E-state index in [2.05, 4.69) is 0 Å². The minimum Gasteiger partial charge on any atom is -0.507 e. The second-order valence-electron chi connectivity index (χ2n) is 7.31. The van der Waals surface area contributed by atoms with E-state index in [1.165, 1.54) is 31.3 Å². The number of methoxy groups -OCH3 is 2. The maximum atomic E-state index is 13.2. The Morgan fingerprint density at radius 3 is 2.27 bits per heavy atom. The monoisotopic (exact) mass is 465 g/mol. The van der Waals surface area contributed by atoms with E-state index in [0.29, 0.717) is 28.3 Å². The molecule has 3 aromatic rings. The standard InChI is InChI=1S/C25H20ClNO6/c1-32-17-9-7-16(8-10-17)27-22(14-6-11-20(28)19(26)13-14)21(24(30)25(27)31)23(29)15-4-3-5-18(12-15)33-2/h3-13,22,28-29H,1-2H3/b23-21-. The summed E-state index contributed by atoms with van der Waals surface area (Å²) < 4.78 is 10.4. The lowest BCUT2D eigenvalue weighted by molar-refractivity contribution is -0.132. The van der Waals surface area contributed by atoms with Crippen LogP contribution in [-0.2, 0) is 9.59 Å². The van der Waals surface area contributed by atoms with E-state index in [9.17, 15) is 19.8 Å². The Bertz CT molecular complexity index is 1270. The second kappa shape index (κ2) is 8.88. The lowest BCUT2D eigenvalue weighted by atomic mass is 9.95. The first-order valence-corrected chi connectivity index (χ1v) is 10.3. The number of carbonyl (C=O) groups is 2. The molecule has 0 spiro atoms. The predicted octanol–water partition coefficient (Wildman–Crippen LogP) is 4.69. The van der Waals surface area contributed by atoms with Crippen molar-refractivity contribution >= 4 is 34.7 Å². The zero-order valence-corrected chi connectivity index (χ0v) is 18.5. The van der Waals surface area contributed by atoms with Gasteiger partial charge in [-0.1, -0.05) is 29.8 Å². The summed E-state index contributed by atoms with van der Waals surface area (Å²) in [6.45, 7) is 0. The van der Waals surface area contributed by atoms with E-state index < -0.39 is 17.7 Å². The lowest BCUT2D eigenvalue weighted by Gasteiger charge is -2.26. The number of carbonyl (C=O) groups excluding carboxylic acids is 2. The summed E-state index contributed by atoms with van der Waals surface area (Å²) in [7, 11) is 3.01. The summed E-state index contributed by atoms with van der Waals surface area (Å²) in [5, 5.41) is 21.1. The van der Waals surface area contributed by atoms with Crippen LogP contribution in [0.1, 0.15) is 17.2 Å². The molecule has 1 aliphatic rings. The third-order valence-corrected chi connectivity index (χ3v) is 5.73. The highest BCUT2D eigenvalue weighted by Gasteiger charge is 2.47. The molecular formula is C25H20ClNO6. The average Bonchev–Trinajstić information content (AvgIpc) is 3.10. The molecule has 4 rings (SSSR count). The second-order valence-corrected chi connectivity index (χ2v) is 7.72. The predicted molar refractivity (Wildman–Crippen MR) is 124 cm³/mol. The number of hydrogen-bond donors (Lipinski definition) is 2. The van der Waals surface area contributed by atoms with E-state index in [-0.39, 0.29) is 22.1 Å². The van der Waals surface area contributed by atoms with Gasteiger partial charge in [-0.25, -0.2) is 0 Å². The van der Waals surface area contributed by atoms with Crippen molar-refractivity contribution in [2.75, 3.05) is 19.1 Å². The van der Waals surface area contributed by atoms with Crippen LogP contribution in [0.4, 0.5) is 5.69 Å². The first-order valence-electron chi connectivity index (χ1n) is 9.93. The molecule has 1 amide bonds. The van der Waals surface area contributed by atoms with Gasteiger partial charge in [0.1, 0.15) is 23.0 Å². The molecule has 0 aliphatic carbocycles. The fourth-order valence-electron chi connectivity index (χ4n) is 3.78. The van der Waals surface area contributed by atoms with E-state index in [1.54, 1.807) is 54.6 Å². The quantitative estimate of drug-likeness (QED) is 0.322. The fraction of sp³-hybridized carbons (Fsp3) is 0.120. The highest BCUT2D eigenvalue weighted by Crippen LogP contribution is 2.44. The molecule has 0 radical (unpaired) electrons. The molecule has 7 nitrogen and oxygen atoms in total. The van der Waals surface area contributed by atoms with Crippen LogP contribution in [0.25, 0.3) is 5.76 Å². The minimum absolute atomic E-state index is 0.0502. The van der Waals surface area contributed by atoms with Gasteiger partial charge in [0.15, 0.2) is 0 Å². The molecule has 1 aliphatic heterocycles. The molecule has 33 heavy (non-hydrogen) atoms. The number of benzene rings is 3. The molecule has 1 unspecified atom stereocenters. The van der Waals surface area contributed by atoms with Crippen LogP contribution in [-0.4, -0.2) is 36.1 Å². The summed E-state index contributed by atoms with van der Waals surface area (Å²) in [6.07, 6.45) is 0. The summed E-state index contributed by atoms with van der Waals surface area (Å²) in [5.74, 6) is -1.09. The molecule has 1 atom stereocenters. The molecule has 2 N–H and O–H groups in total. The number of aliphatic hydroxyl groups is 1. The van der Waals surface area contributed by atoms with Gasteiger partial charge in [-0.3, -0.25) is 14.5 Å². The number of nitrogens with zero attached hydrogens (tertiary/aromatic N) is 1. The van der Waals surface area contributed by atoms with Crippen LogP contribution >= 0.6 is 11.6 Å². The number of halogens is 1. The topological polar surface area (TPSA) is 96.3 Å². The van der Waals surface area contributed by atoms with Crippen molar-refractivity contribution < 1.29 is 29.3 Å². The first-order chi connectivity index (χ1) is 15.8. The van der Waals surface area contributed by atoms with Gasteiger partial charge in [0, 0.05) is 11.3 Å². The molecule has 8 heteroatoms. The number of aliphatic hydroxyl groups excluding tert-OH is 1.